The number of imidazole rings is 1. The number of hydrogen-bond donors (Lipinski definition) is 2. The summed E-state index contributed by atoms with van der Waals surface area (Å²) in [6, 6.07) is 5.42. The highest BCUT2D eigenvalue weighted by Crippen LogP contribution is 2.32. The Hall–Kier alpha value is -3.14. The maximum atomic E-state index is 12.7. The van der Waals surface area contributed by atoms with E-state index in [2.05, 4.69) is 25.0 Å². The van der Waals surface area contributed by atoms with Crippen LogP contribution < -0.4 is 20.1 Å². The molecular weight excluding hydrogens is 392 g/mol. The minimum atomic E-state index is -0.407. The number of nitrogens with one attached hydrogen (secondary N) is 2. The first-order chi connectivity index (χ1) is 14.1. The Morgan fingerprint density at radius 2 is 2.17 bits per heavy atom. The molecule has 1 atom stereocenters. The fourth-order valence-electron chi connectivity index (χ4n) is 2.96. The fourth-order valence-corrected chi connectivity index (χ4v) is 3.57. The van der Waals surface area contributed by atoms with Gasteiger partial charge in [0.15, 0.2) is 11.5 Å². The molecule has 3 heterocycles. The Morgan fingerprint density at radius 1 is 1.31 bits per heavy atom. The highest BCUT2D eigenvalue weighted by Gasteiger charge is 2.23. The van der Waals surface area contributed by atoms with E-state index in [0.717, 1.165) is 17.1 Å². The average Bonchev–Trinajstić information content (AvgIpc) is 3.46. The summed E-state index contributed by atoms with van der Waals surface area (Å²) in [6.07, 6.45) is 5.78. The number of fused-ring (bicyclic) bond motifs is 1. The van der Waals surface area contributed by atoms with Crippen LogP contribution in [0.2, 0.25) is 0 Å². The highest BCUT2D eigenvalue weighted by molar-refractivity contribution is 7.09. The summed E-state index contributed by atoms with van der Waals surface area (Å²) >= 11 is 1.22. The number of rotatable bonds is 8. The minimum Gasteiger partial charge on any atom is -0.454 e. The number of nitrogens with zero attached hydrogens (tertiary/aromatic N) is 4. The van der Waals surface area contributed by atoms with Crippen molar-refractivity contribution >= 4 is 22.6 Å². The summed E-state index contributed by atoms with van der Waals surface area (Å²) in [5.41, 5.74) is 1.08. The number of aromatic nitrogens is 4. The predicted octanol–water partition coefficient (Wildman–Crippen LogP) is 2.25. The molecule has 0 aliphatic carbocycles. The molecule has 1 aromatic carbocycles. The molecule has 0 unspecified atom stereocenters. The van der Waals surface area contributed by atoms with Gasteiger partial charge in [0.2, 0.25) is 23.8 Å². The standard InChI is InChI=1S/C19H22N6O3S/c1-12(2)16(22-19-23-18(24-29-19)25-8-7-20-10-25)17(26)21-6-5-13-3-4-14-15(9-13)28-11-27-14/h3-4,7-10,12,16H,5-6,11H2,1-2H3,(H,21,26)(H,22,23,24)/t16-/m1/s1. The zero-order valence-corrected chi connectivity index (χ0v) is 17.0. The van der Waals surface area contributed by atoms with Crippen molar-refractivity contribution < 1.29 is 14.3 Å². The van der Waals surface area contributed by atoms with Crippen molar-refractivity contribution in [2.45, 2.75) is 26.3 Å². The number of ether oxygens (including phenoxy) is 2. The number of benzene rings is 1. The number of anilines is 1. The third kappa shape index (κ3) is 4.48. The molecule has 0 saturated carbocycles. The summed E-state index contributed by atoms with van der Waals surface area (Å²) in [5, 5.41) is 6.80. The van der Waals surface area contributed by atoms with Gasteiger partial charge < -0.3 is 20.1 Å². The predicted molar refractivity (Wildman–Crippen MR) is 109 cm³/mol. The van der Waals surface area contributed by atoms with Crippen molar-refractivity contribution in [3.8, 4) is 17.4 Å². The first-order valence-corrected chi connectivity index (χ1v) is 10.1. The van der Waals surface area contributed by atoms with Gasteiger partial charge in [0.25, 0.3) is 0 Å². The second kappa shape index (κ2) is 8.48. The largest absolute Gasteiger partial charge is 0.454 e. The van der Waals surface area contributed by atoms with Crippen LogP contribution in [0.5, 0.6) is 11.5 Å². The quantitative estimate of drug-likeness (QED) is 0.583. The van der Waals surface area contributed by atoms with Gasteiger partial charge in [-0.1, -0.05) is 19.9 Å². The second-order valence-electron chi connectivity index (χ2n) is 6.96. The summed E-state index contributed by atoms with van der Waals surface area (Å²) in [7, 11) is 0. The average molecular weight is 414 g/mol. The summed E-state index contributed by atoms with van der Waals surface area (Å²) in [4.78, 5) is 21.1. The monoisotopic (exact) mass is 414 g/mol. The van der Waals surface area contributed by atoms with E-state index in [0.29, 0.717) is 24.0 Å². The van der Waals surface area contributed by atoms with Gasteiger partial charge in [0.05, 0.1) is 0 Å². The van der Waals surface area contributed by atoms with Gasteiger partial charge in [-0.2, -0.15) is 9.36 Å². The molecular formula is C19H22N6O3S. The van der Waals surface area contributed by atoms with Crippen molar-refractivity contribution in [3.63, 3.8) is 0 Å². The zero-order chi connectivity index (χ0) is 20.2. The molecule has 2 aromatic heterocycles. The van der Waals surface area contributed by atoms with E-state index >= 15 is 0 Å². The van der Waals surface area contributed by atoms with Crippen LogP contribution in [0.25, 0.3) is 5.95 Å². The van der Waals surface area contributed by atoms with Crippen LogP contribution >= 0.6 is 11.5 Å². The molecule has 0 saturated heterocycles. The van der Waals surface area contributed by atoms with Gasteiger partial charge in [0.1, 0.15) is 12.4 Å². The van der Waals surface area contributed by atoms with Crippen molar-refractivity contribution in [1.29, 1.82) is 0 Å². The lowest BCUT2D eigenvalue weighted by atomic mass is 10.0. The van der Waals surface area contributed by atoms with Gasteiger partial charge in [-0.25, -0.2) is 4.98 Å². The van der Waals surface area contributed by atoms with E-state index in [1.54, 1.807) is 23.3 Å². The smallest absolute Gasteiger partial charge is 0.248 e. The summed E-state index contributed by atoms with van der Waals surface area (Å²) in [6.45, 7) is 4.77. The van der Waals surface area contributed by atoms with E-state index in [1.807, 2.05) is 32.0 Å². The Labute approximate surface area is 172 Å². The zero-order valence-electron chi connectivity index (χ0n) is 16.2. The molecule has 10 heteroatoms. The van der Waals surface area contributed by atoms with Crippen LogP contribution in [0.15, 0.2) is 36.9 Å². The molecule has 0 fully saturated rings. The molecule has 152 valence electrons. The minimum absolute atomic E-state index is 0.0693. The Bertz CT molecular complexity index is 972. The lowest BCUT2D eigenvalue weighted by Gasteiger charge is -2.21. The Balaban J connectivity index is 1.33. The SMILES string of the molecule is CC(C)[C@@H](Nc1nc(-n2ccnc2)ns1)C(=O)NCCc1ccc2c(c1)OCO2. The Morgan fingerprint density at radius 3 is 2.97 bits per heavy atom. The van der Waals surface area contributed by atoms with E-state index < -0.39 is 6.04 Å². The molecule has 1 amide bonds. The van der Waals surface area contributed by atoms with Gasteiger partial charge in [-0.15, -0.1) is 0 Å². The number of carbonyl (C=O) groups excluding carboxylic acids is 1. The van der Waals surface area contributed by atoms with Crippen molar-refractivity contribution in [3.05, 3.63) is 42.5 Å². The normalized spacial score (nSPS) is 13.5. The van der Waals surface area contributed by atoms with Gasteiger partial charge in [-0.05, 0) is 30.0 Å². The first-order valence-electron chi connectivity index (χ1n) is 9.35. The molecule has 4 rings (SSSR count). The molecule has 0 radical (unpaired) electrons. The molecule has 9 nitrogen and oxygen atoms in total. The van der Waals surface area contributed by atoms with E-state index in [9.17, 15) is 4.79 Å². The first kappa shape index (κ1) is 19.2. The van der Waals surface area contributed by atoms with Crippen molar-refractivity contribution in [2.75, 3.05) is 18.7 Å². The van der Waals surface area contributed by atoms with Gasteiger partial charge >= 0.3 is 0 Å². The van der Waals surface area contributed by atoms with Gasteiger partial charge in [0, 0.05) is 30.5 Å². The molecule has 29 heavy (non-hydrogen) atoms. The maximum Gasteiger partial charge on any atom is 0.248 e. The number of amides is 1. The van der Waals surface area contributed by atoms with Crippen LogP contribution in [0.1, 0.15) is 19.4 Å². The Kier molecular flexibility index (Phi) is 5.61. The third-order valence-corrected chi connectivity index (χ3v) is 5.17. The van der Waals surface area contributed by atoms with Crippen LogP contribution in [-0.2, 0) is 11.2 Å². The fraction of sp³-hybridized carbons (Fsp3) is 0.368. The number of carbonyl (C=O) groups is 1. The molecule has 1 aliphatic rings. The molecule has 1 aliphatic heterocycles. The topological polar surface area (TPSA) is 103 Å². The molecule has 3 aromatic rings. The van der Waals surface area contributed by atoms with Crippen molar-refractivity contribution in [1.82, 2.24) is 24.2 Å². The van der Waals surface area contributed by atoms with Crippen LogP contribution in [0.4, 0.5) is 5.13 Å². The van der Waals surface area contributed by atoms with Gasteiger partial charge in [-0.3, -0.25) is 9.36 Å². The van der Waals surface area contributed by atoms with Crippen molar-refractivity contribution in [2.24, 2.45) is 5.92 Å². The lowest BCUT2D eigenvalue weighted by Crippen LogP contribution is -2.43. The molecule has 2 N–H and O–H groups in total. The molecule has 0 spiro atoms. The molecule has 0 bridgehead atoms. The maximum absolute atomic E-state index is 12.7. The van der Waals surface area contributed by atoms with Crippen LogP contribution in [0, 0.1) is 5.92 Å². The summed E-state index contributed by atoms with van der Waals surface area (Å²) < 4.78 is 16.7. The van der Waals surface area contributed by atoms with E-state index in [1.165, 1.54) is 11.5 Å². The van der Waals surface area contributed by atoms with E-state index in [4.69, 9.17) is 9.47 Å². The second-order valence-corrected chi connectivity index (χ2v) is 7.72. The summed E-state index contributed by atoms with van der Waals surface area (Å²) in [5.74, 6) is 2.05. The van der Waals surface area contributed by atoms with Crippen LogP contribution in [0.3, 0.4) is 0 Å². The lowest BCUT2D eigenvalue weighted by molar-refractivity contribution is -0.122. The number of hydrogen-bond acceptors (Lipinski definition) is 8. The highest BCUT2D eigenvalue weighted by atomic mass is 32.1. The third-order valence-electron chi connectivity index (χ3n) is 4.53. The van der Waals surface area contributed by atoms with Crippen LogP contribution in [-0.4, -0.2) is 44.2 Å². The van der Waals surface area contributed by atoms with E-state index in [-0.39, 0.29) is 18.6 Å².